The van der Waals surface area contributed by atoms with Crippen molar-refractivity contribution in [3.05, 3.63) is 35.2 Å². The number of ether oxygens (including phenoxy) is 1. The van der Waals surface area contributed by atoms with E-state index in [0.717, 1.165) is 5.56 Å². The highest BCUT2D eigenvalue weighted by Gasteiger charge is 2.23. The summed E-state index contributed by atoms with van der Waals surface area (Å²) < 4.78 is 9.75. The second-order valence-electron chi connectivity index (χ2n) is 3.62. The van der Waals surface area contributed by atoms with Crippen LogP contribution in [-0.2, 0) is 4.74 Å². The first kappa shape index (κ1) is 11.3. The van der Waals surface area contributed by atoms with Gasteiger partial charge < -0.3 is 9.26 Å². The van der Waals surface area contributed by atoms with Crippen LogP contribution in [-0.4, -0.2) is 23.2 Å². The number of pyridine rings is 1. The summed E-state index contributed by atoms with van der Waals surface area (Å²) in [4.78, 5) is 15.9. The average molecular weight is 232 g/mol. The molecule has 0 saturated heterocycles. The van der Waals surface area contributed by atoms with Crippen LogP contribution in [0.4, 0.5) is 0 Å². The molecule has 0 saturated carbocycles. The predicted molar refractivity (Wildman–Crippen MR) is 60.5 cm³/mol. The Morgan fingerprint density at radius 1 is 1.35 bits per heavy atom. The van der Waals surface area contributed by atoms with Crippen LogP contribution in [0.3, 0.4) is 0 Å². The minimum absolute atomic E-state index is 0.328. The SMILES string of the molecule is COC(=O)c1c(-c2ncccc2C)noc1C. The van der Waals surface area contributed by atoms with Gasteiger partial charge in [-0.3, -0.25) is 4.98 Å². The van der Waals surface area contributed by atoms with Crippen LogP contribution in [0.15, 0.2) is 22.9 Å². The number of aryl methyl sites for hydroxylation is 2. The third kappa shape index (κ3) is 1.91. The van der Waals surface area contributed by atoms with Gasteiger partial charge in [-0.05, 0) is 25.5 Å². The third-order valence-electron chi connectivity index (χ3n) is 2.49. The Kier molecular flexibility index (Phi) is 2.91. The molecule has 0 unspecified atom stereocenters. The Bertz CT molecular complexity index is 561. The van der Waals surface area contributed by atoms with E-state index in [1.807, 2.05) is 19.1 Å². The molecular weight excluding hydrogens is 220 g/mol. The first-order chi connectivity index (χ1) is 8.15. The van der Waals surface area contributed by atoms with Gasteiger partial charge in [-0.15, -0.1) is 0 Å². The summed E-state index contributed by atoms with van der Waals surface area (Å²) >= 11 is 0. The van der Waals surface area contributed by atoms with Crippen molar-refractivity contribution in [1.29, 1.82) is 0 Å². The lowest BCUT2D eigenvalue weighted by Gasteiger charge is -2.02. The van der Waals surface area contributed by atoms with Crippen molar-refractivity contribution in [1.82, 2.24) is 10.1 Å². The summed E-state index contributed by atoms with van der Waals surface area (Å²) in [5.74, 6) is -0.0410. The van der Waals surface area contributed by atoms with Crippen LogP contribution in [0.2, 0.25) is 0 Å². The molecule has 0 radical (unpaired) electrons. The molecule has 17 heavy (non-hydrogen) atoms. The van der Waals surface area contributed by atoms with Gasteiger partial charge in [0, 0.05) is 6.20 Å². The topological polar surface area (TPSA) is 65.2 Å². The zero-order chi connectivity index (χ0) is 12.4. The average Bonchev–Trinajstić information content (AvgIpc) is 2.71. The minimum atomic E-state index is -0.469. The molecule has 0 atom stereocenters. The number of hydrogen-bond acceptors (Lipinski definition) is 5. The summed E-state index contributed by atoms with van der Waals surface area (Å²) in [5.41, 5.74) is 2.30. The van der Waals surface area contributed by atoms with E-state index in [2.05, 4.69) is 10.1 Å². The van der Waals surface area contributed by atoms with Gasteiger partial charge in [-0.25, -0.2) is 4.79 Å². The maximum absolute atomic E-state index is 11.7. The Balaban J connectivity index is 2.61. The molecule has 2 heterocycles. The van der Waals surface area contributed by atoms with Crippen molar-refractivity contribution in [2.24, 2.45) is 0 Å². The fourth-order valence-electron chi connectivity index (χ4n) is 1.61. The first-order valence-electron chi connectivity index (χ1n) is 5.11. The molecule has 5 heteroatoms. The van der Waals surface area contributed by atoms with Crippen LogP contribution in [0.1, 0.15) is 21.7 Å². The standard InChI is InChI=1S/C12H12N2O3/c1-7-5-4-6-13-10(7)11-9(12(15)16-3)8(2)17-14-11/h4-6H,1-3H3. The van der Waals surface area contributed by atoms with Gasteiger partial charge in [0.1, 0.15) is 17.0 Å². The number of aromatic nitrogens is 2. The molecule has 0 bridgehead atoms. The van der Waals surface area contributed by atoms with Gasteiger partial charge in [-0.1, -0.05) is 11.2 Å². The Morgan fingerprint density at radius 2 is 2.12 bits per heavy atom. The Hall–Kier alpha value is -2.17. The fraction of sp³-hybridized carbons (Fsp3) is 0.250. The Labute approximate surface area is 98.4 Å². The molecule has 0 fully saturated rings. The highest BCUT2D eigenvalue weighted by Crippen LogP contribution is 2.26. The minimum Gasteiger partial charge on any atom is -0.465 e. The molecule has 2 rings (SSSR count). The van der Waals surface area contributed by atoms with E-state index in [1.54, 1.807) is 13.1 Å². The molecule has 0 aliphatic rings. The van der Waals surface area contributed by atoms with E-state index < -0.39 is 5.97 Å². The molecule has 0 N–H and O–H groups in total. The molecule has 5 nitrogen and oxygen atoms in total. The van der Waals surface area contributed by atoms with Crippen molar-refractivity contribution in [2.75, 3.05) is 7.11 Å². The van der Waals surface area contributed by atoms with Crippen LogP contribution in [0.5, 0.6) is 0 Å². The zero-order valence-corrected chi connectivity index (χ0v) is 9.85. The molecule has 2 aromatic rings. The van der Waals surface area contributed by atoms with Gasteiger partial charge in [0.2, 0.25) is 0 Å². The van der Waals surface area contributed by atoms with Gasteiger partial charge in [0.15, 0.2) is 0 Å². The molecule has 0 aromatic carbocycles. The number of carbonyl (C=O) groups excluding carboxylic acids is 1. The fourth-order valence-corrected chi connectivity index (χ4v) is 1.61. The van der Waals surface area contributed by atoms with E-state index >= 15 is 0 Å². The van der Waals surface area contributed by atoms with Crippen molar-refractivity contribution in [3.8, 4) is 11.4 Å². The quantitative estimate of drug-likeness (QED) is 0.742. The predicted octanol–water partition coefficient (Wildman–Crippen LogP) is 2.14. The smallest absolute Gasteiger partial charge is 0.343 e. The summed E-state index contributed by atoms with van der Waals surface area (Å²) in [6, 6.07) is 3.72. The lowest BCUT2D eigenvalue weighted by molar-refractivity contribution is 0.0599. The highest BCUT2D eigenvalue weighted by molar-refractivity contribution is 5.96. The maximum Gasteiger partial charge on any atom is 0.343 e. The molecule has 0 aliphatic carbocycles. The largest absolute Gasteiger partial charge is 0.465 e. The van der Waals surface area contributed by atoms with E-state index in [9.17, 15) is 4.79 Å². The molecule has 0 spiro atoms. The van der Waals surface area contributed by atoms with Crippen LogP contribution in [0, 0.1) is 13.8 Å². The lowest BCUT2D eigenvalue weighted by atomic mass is 10.1. The van der Waals surface area contributed by atoms with Crippen LogP contribution >= 0.6 is 0 Å². The van der Waals surface area contributed by atoms with Gasteiger partial charge in [0.25, 0.3) is 0 Å². The molecule has 2 aromatic heterocycles. The lowest BCUT2D eigenvalue weighted by Crippen LogP contribution is -2.04. The summed E-state index contributed by atoms with van der Waals surface area (Å²) in [6.07, 6.45) is 1.65. The third-order valence-corrected chi connectivity index (χ3v) is 2.49. The van der Waals surface area contributed by atoms with Crippen LogP contribution in [0.25, 0.3) is 11.4 Å². The Morgan fingerprint density at radius 3 is 2.76 bits per heavy atom. The summed E-state index contributed by atoms with van der Waals surface area (Å²) in [7, 11) is 1.32. The normalized spacial score (nSPS) is 10.3. The van der Waals surface area contributed by atoms with Crippen molar-refractivity contribution in [3.63, 3.8) is 0 Å². The summed E-state index contributed by atoms with van der Waals surface area (Å²) in [5, 5.41) is 3.88. The molecule has 0 amide bonds. The maximum atomic E-state index is 11.7. The number of rotatable bonds is 2. The summed E-state index contributed by atoms with van der Waals surface area (Å²) in [6.45, 7) is 3.56. The molecule has 88 valence electrons. The van der Waals surface area contributed by atoms with E-state index in [1.165, 1.54) is 7.11 Å². The molecule has 0 aliphatic heterocycles. The number of methoxy groups -OCH3 is 1. The van der Waals surface area contributed by atoms with Crippen molar-refractivity contribution < 1.29 is 14.1 Å². The van der Waals surface area contributed by atoms with Crippen LogP contribution < -0.4 is 0 Å². The zero-order valence-electron chi connectivity index (χ0n) is 9.85. The van der Waals surface area contributed by atoms with Crippen molar-refractivity contribution in [2.45, 2.75) is 13.8 Å². The van der Waals surface area contributed by atoms with Gasteiger partial charge in [0.05, 0.1) is 12.8 Å². The van der Waals surface area contributed by atoms with E-state index in [4.69, 9.17) is 9.26 Å². The number of hydrogen-bond donors (Lipinski definition) is 0. The van der Waals surface area contributed by atoms with E-state index in [-0.39, 0.29) is 0 Å². The first-order valence-corrected chi connectivity index (χ1v) is 5.11. The van der Waals surface area contributed by atoms with Gasteiger partial charge >= 0.3 is 5.97 Å². The monoisotopic (exact) mass is 232 g/mol. The van der Waals surface area contributed by atoms with Gasteiger partial charge in [-0.2, -0.15) is 0 Å². The number of carbonyl (C=O) groups is 1. The van der Waals surface area contributed by atoms with E-state index in [0.29, 0.717) is 22.7 Å². The second-order valence-corrected chi connectivity index (χ2v) is 3.62. The number of esters is 1. The second kappa shape index (κ2) is 4.37. The van der Waals surface area contributed by atoms with Crippen molar-refractivity contribution >= 4 is 5.97 Å². The number of nitrogens with zero attached hydrogens (tertiary/aromatic N) is 2. The highest BCUT2D eigenvalue weighted by atomic mass is 16.5. The molecular formula is C12H12N2O3.